The summed E-state index contributed by atoms with van der Waals surface area (Å²) in [6.45, 7) is 0.395. The van der Waals surface area contributed by atoms with Gasteiger partial charge in [-0.25, -0.2) is 0 Å². The largest absolute Gasteiger partial charge is 0.508 e. The zero-order valence-electron chi connectivity index (χ0n) is 10.9. The van der Waals surface area contributed by atoms with E-state index in [0.29, 0.717) is 23.0 Å². The van der Waals surface area contributed by atoms with Crippen molar-refractivity contribution >= 4 is 40.7 Å². The van der Waals surface area contributed by atoms with Crippen molar-refractivity contribution in [3.63, 3.8) is 0 Å². The van der Waals surface area contributed by atoms with Crippen molar-refractivity contribution in [3.8, 4) is 5.75 Å². The fourth-order valence-corrected chi connectivity index (χ4v) is 2.52. The Labute approximate surface area is 137 Å². The molecule has 110 valence electrons. The normalized spacial score (nSPS) is 10.4. The molecular formula is C15H12Cl3NO2. The van der Waals surface area contributed by atoms with Crippen LogP contribution in [-0.4, -0.2) is 17.6 Å². The van der Waals surface area contributed by atoms with E-state index >= 15 is 0 Å². The summed E-state index contributed by atoms with van der Waals surface area (Å²) in [6.07, 6.45) is 0.568. The topological polar surface area (TPSA) is 49.3 Å². The Hall–Kier alpha value is -1.42. The van der Waals surface area contributed by atoms with Crippen LogP contribution in [0.3, 0.4) is 0 Å². The van der Waals surface area contributed by atoms with Crippen LogP contribution < -0.4 is 5.32 Å². The third-order valence-corrected chi connectivity index (χ3v) is 3.81. The maximum atomic E-state index is 12.0. The molecule has 0 aromatic heterocycles. The minimum Gasteiger partial charge on any atom is -0.508 e. The first-order valence-corrected chi connectivity index (χ1v) is 7.31. The summed E-state index contributed by atoms with van der Waals surface area (Å²) in [5.74, 6) is -0.355. The third-order valence-electron chi connectivity index (χ3n) is 2.89. The van der Waals surface area contributed by atoms with Gasteiger partial charge >= 0.3 is 0 Å². The number of carbonyl (C=O) groups excluding carboxylic acids is 1. The first-order valence-electron chi connectivity index (χ1n) is 6.18. The zero-order valence-corrected chi connectivity index (χ0v) is 13.1. The molecule has 0 aliphatic heterocycles. The molecule has 0 heterocycles. The van der Waals surface area contributed by atoms with Crippen LogP contribution >= 0.6 is 34.8 Å². The quantitative estimate of drug-likeness (QED) is 0.867. The molecule has 0 aliphatic rings. The number of carbonyl (C=O) groups is 1. The molecular weight excluding hydrogens is 333 g/mol. The van der Waals surface area contributed by atoms with E-state index in [-0.39, 0.29) is 22.2 Å². The molecule has 1 amide bonds. The molecule has 0 saturated carbocycles. The molecule has 21 heavy (non-hydrogen) atoms. The standard InChI is InChI=1S/C15H12Cl3NO2/c16-10-2-1-9(14(18)7-10)5-6-19-15(21)12-8-11(20)3-4-13(12)17/h1-4,7-8,20H,5-6H2,(H,19,21). The summed E-state index contributed by atoms with van der Waals surface area (Å²) in [5, 5.41) is 13.5. The second kappa shape index (κ2) is 7.03. The molecule has 0 unspecified atom stereocenters. The van der Waals surface area contributed by atoms with Crippen molar-refractivity contribution in [1.82, 2.24) is 5.32 Å². The van der Waals surface area contributed by atoms with Gasteiger partial charge in [0.15, 0.2) is 0 Å². The fourth-order valence-electron chi connectivity index (χ4n) is 1.82. The number of phenols is 1. The van der Waals surface area contributed by atoms with Gasteiger partial charge in [-0.15, -0.1) is 0 Å². The predicted octanol–water partition coefficient (Wildman–Crippen LogP) is 4.32. The average Bonchev–Trinajstić information content (AvgIpc) is 2.43. The number of nitrogens with one attached hydrogen (secondary N) is 1. The van der Waals surface area contributed by atoms with Crippen molar-refractivity contribution in [2.75, 3.05) is 6.54 Å². The van der Waals surface area contributed by atoms with Crippen molar-refractivity contribution in [2.24, 2.45) is 0 Å². The maximum Gasteiger partial charge on any atom is 0.252 e. The van der Waals surface area contributed by atoms with Crippen LogP contribution in [0, 0.1) is 0 Å². The fraction of sp³-hybridized carbons (Fsp3) is 0.133. The van der Waals surface area contributed by atoms with Gasteiger partial charge in [0.2, 0.25) is 0 Å². The molecule has 2 aromatic rings. The Balaban J connectivity index is 1.97. The molecule has 0 saturated heterocycles. The smallest absolute Gasteiger partial charge is 0.252 e. The van der Waals surface area contributed by atoms with Gasteiger partial charge in [-0.3, -0.25) is 4.79 Å². The first-order chi connectivity index (χ1) is 9.97. The number of amides is 1. The highest BCUT2D eigenvalue weighted by Gasteiger charge is 2.11. The van der Waals surface area contributed by atoms with E-state index in [4.69, 9.17) is 34.8 Å². The van der Waals surface area contributed by atoms with E-state index in [9.17, 15) is 9.90 Å². The minimum absolute atomic E-state index is 0.00899. The van der Waals surface area contributed by atoms with Gasteiger partial charge in [0.25, 0.3) is 5.91 Å². The van der Waals surface area contributed by atoms with Crippen molar-refractivity contribution in [3.05, 3.63) is 62.6 Å². The average molecular weight is 345 g/mol. The van der Waals surface area contributed by atoms with Gasteiger partial charge in [0.1, 0.15) is 5.75 Å². The molecule has 0 atom stereocenters. The van der Waals surface area contributed by atoms with Crippen molar-refractivity contribution < 1.29 is 9.90 Å². The lowest BCUT2D eigenvalue weighted by Gasteiger charge is -2.08. The van der Waals surface area contributed by atoms with E-state index in [1.54, 1.807) is 12.1 Å². The van der Waals surface area contributed by atoms with Crippen LogP contribution in [0.1, 0.15) is 15.9 Å². The van der Waals surface area contributed by atoms with Crippen LogP contribution in [0.15, 0.2) is 36.4 Å². The summed E-state index contributed by atoms with van der Waals surface area (Å²) in [4.78, 5) is 12.0. The summed E-state index contributed by atoms with van der Waals surface area (Å²) in [5.41, 5.74) is 1.13. The summed E-state index contributed by atoms with van der Waals surface area (Å²) in [7, 11) is 0. The van der Waals surface area contributed by atoms with Crippen LogP contribution in [0.25, 0.3) is 0 Å². The number of aromatic hydroxyl groups is 1. The minimum atomic E-state index is -0.346. The van der Waals surface area contributed by atoms with E-state index in [0.717, 1.165) is 5.56 Å². The van der Waals surface area contributed by atoms with Gasteiger partial charge < -0.3 is 10.4 Å². The zero-order chi connectivity index (χ0) is 15.4. The van der Waals surface area contributed by atoms with E-state index in [1.807, 2.05) is 6.07 Å². The molecule has 0 aliphatic carbocycles. The molecule has 2 aromatic carbocycles. The maximum absolute atomic E-state index is 12.0. The van der Waals surface area contributed by atoms with Gasteiger partial charge in [-0.2, -0.15) is 0 Å². The van der Waals surface area contributed by atoms with E-state index < -0.39 is 0 Å². The number of rotatable bonds is 4. The molecule has 0 spiro atoms. The van der Waals surface area contributed by atoms with Crippen LogP contribution in [0.4, 0.5) is 0 Å². The second-order valence-electron chi connectivity index (χ2n) is 4.41. The summed E-state index contributed by atoms with van der Waals surface area (Å²) < 4.78 is 0. The van der Waals surface area contributed by atoms with E-state index in [1.165, 1.54) is 18.2 Å². The third kappa shape index (κ3) is 4.27. The van der Waals surface area contributed by atoms with Gasteiger partial charge in [-0.05, 0) is 42.3 Å². The Morgan fingerprint density at radius 1 is 1.05 bits per heavy atom. The highest BCUT2D eigenvalue weighted by molar-refractivity contribution is 6.35. The number of hydrogen-bond donors (Lipinski definition) is 2. The number of halogens is 3. The Kier molecular flexibility index (Phi) is 5.34. The van der Waals surface area contributed by atoms with Crippen LogP contribution in [-0.2, 0) is 6.42 Å². The monoisotopic (exact) mass is 343 g/mol. The van der Waals surface area contributed by atoms with Gasteiger partial charge in [0, 0.05) is 16.6 Å². The van der Waals surface area contributed by atoms with Crippen LogP contribution in [0.2, 0.25) is 15.1 Å². The SMILES string of the molecule is O=C(NCCc1ccc(Cl)cc1Cl)c1cc(O)ccc1Cl. The van der Waals surface area contributed by atoms with Crippen molar-refractivity contribution in [1.29, 1.82) is 0 Å². The Morgan fingerprint density at radius 3 is 2.52 bits per heavy atom. The Morgan fingerprint density at radius 2 is 1.81 bits per heavy atom. The first kappa shape index (κ1) is 16.0. The molecule has 2 N–H and O–H groups in total. The molecule has 3 nitrogen and oxygen atoms in total. The van der Waals surface area contributed by atoms with Gasteiger partial charge in [-0.1, -0.05) is 40.9 Å². The number of phenolic OH excluding ortho intramolecular Hbond substituents is 1. The van der Waals surface area contributed by atoms with Crippen molar-refractivity contribution in [2.45, 2.75) is 6.42 Å². The Bertz CT molecular complexity index is 674. The lowest BCUT2D eigenvalue weighted by molar-refractivity contribution is 0.0954. The lowest BCUT2D eigenvalue weighted by Crippen LogP contribution is -2.26. The molecule has 2 rings (SSSR count). The van der Waals surface area contributed by atoms with Crippen LogP contribution in [0.5, 0.6) is 5.75 Å². The molecule has 0 fully saturated rings. The molecule has 6 heteroatoms. The molecule has 0 radical (unpaired) electrons. The second-order valence-corrected chi connectivity index (χ2v) is 5.66. The predicted molar refractivity (Wildman–Crippen MR) is 85.6 cm³/mol. The molecule has 0 bridgehead atoms. The number of benzene rings is 2. The highest BCUT2D eigenvalue weighted by Crippen LogP contribution is 2.22. The van der Waals surface area contributed by atoms with E-state index in [2.05, 4.69) is 5.32 Å². The summed E-state index contributed by atoms with van der Waals surface area (Å²) >= 11 is 17.8. The van der Waals surface area contributed by atoms with Gasteiger partial charge in [0.05, 0.1) is 10.6 Å². The highest BCUT2D eigenvalue weighted by atomic mass is 35.5. The summed E-state index contributed by atoms with van der Waals surface area (Å²) in [6, 6.07) is 9.45. The number of hydrogen-bond acceptors (Lipinski definition) is 2. The lowest BCUT2D eigenvalue weighted by atomic mass is 10.1.